The van der Waals surface area contributed by atoms with E-state index in [0.29, 0.717) is 37.4 Å². The third-order valence-corrected chi connectivity index (χ3v) is 6.26. The van der Waals surface area contributed by atoms with E-state index < -0.39 is 0 Å². The fraction of sp³-hybridized carbons (Fsp3) is 0.889. The normalized spacial score (nSPS) is 33.8. The second-order valence-corrected chi connectivity index (χ2v) is 8.02. The number of nitrogens with zero attached hydrogens (tertiary/aromatic N) is 2. The molecule has 24 heavy (non-hydrogen) atoms. The van der Waals surface area contributed by atoms with E-state index in [-0.39, 0.29) is 24.0 Å². The van der Waals surface area contributed by atoms with Gasteiger partial charge in [-0.15, -0.1) is 0 Å². The van der Waals surface area contributed by atoms with Crippen LogP contribution in [0.4, 0.5) is 0 Å². The van der Waals surface area contributed by atoms with E-state index in [4.69, 9.17) is 9.47 Å². The van der Waals surface area contributed by atoms with Gasteiger partial charge in [-0.25, -0.2) is 0 Å². The molecule has 0 radical (unpaired) electrons. The molecule has 134 valence electrons. The molecule has 1 aliphatic carbocycles. The summed E-state index contributed by atoms with van der Waals surface area (Å²) in [5.41, 5.74) is -0.218. The molecule has 6 nitrogen and oxygen atoms in total. The van der Waals surface area contributed by atoms with Gasteiger partial charge >= 0.3 is 0 Å². The largest absolute Gasteiger partial charge is 0.371 e. The van der Waals surface area contributed by atoms with E-state index in [0.717, 1.165) is 45.4 Å². The lowest BCUT2D eigenvalue weighted by molar-refractivity contribution is -0.170. The number of carbonyl (C=O) groups excluding carboxylic acids is 2. The average Bonchev–Trinajstić information content (AvgIpc) is 2.97. The van der Waals surface area contributed by atoms with Crippen LogP contribution >= 0.6 is 0 Å². The SMILES string of the molecule is C[C@@H]1C[C@@H]1C(=O)N1CC2(C1)OCC[C@H]2COCC(=O)N1CCCC1. The molecule has 0 bridgehead atoms. The van der Waals surface area contributed by atoms with Crippen molar-refractivity contribution in [2.75, 3.05) is 46.0 Å². The summed E-state index contributed by atoms with van der Waals surface area (Å²) in [4.78, 5) is 28.2. The fourth-order valence-corrected chi connectivity index (χ4v) is 4.37. The first-order valence-corrected chi connectivity index (χ1v) is 9.37. The van der Waals surface area contributed by atoms with Crippen LogP contribution in [0, 0.1) is 17.8 Å². The van der Waals surface area contributed by atoms with Gasteiger partial charge in [0.25, 0.3) is 0 Å². The number of carbonyl (C=O) groups is 2. The molecule has 0 N–H and O–H groups in total. The summed E-state index contributed by atoms with van der Waals surface area (Å²) in [5.74, 6) is 1.50. The predicted octanol–water partition coefficient (Wildman–Crippen LogP) is 0.899. The van der Waals surface area contributed by atoms with Gasteiger partial charge in [0.2, 0.25) is 11.8 Å². The van der Waals surface area contributed by atoms with E-state index in [1.54, 1.807) is 0 Å². The minimum Gasteiger partial charge on any atom is -0.371 e. The van der Waals surface area contributed by atoms with Crippen LogP contribution in [0.25, 0.3) is 0 Å². The van der Waals surface area contributed by atoms with Crippen LogP contribution in [-0.4, -0.2) is 73.2 Å². The molecule has 2 amide bonds. The summed E-state index contributed by atoms with van der Waals surface area (Å²) >= 11 is 0. The molecule has 0 unspecified atom stereocenters. The summed E-state index contributed by atoms with van der Waals surface area (Å²) in [7, 11) is 0. The van der Waals surface area contributed by atoms with Gasteiger partial charge in [0.15, 0.2) is 0 Å². The zero-order valence-electron chi connectivity index (χ0n) is 14.5. The van der Waals surface area contributed by atoms with Gasteiger partial charge in [-0.3, -0.25) is 9.59 Å². The summed E-state index contributed by atoms with van der Waals surface area (Å²) in [6, 6.07) is 0. The molecular formula is C18H28N2O4. The lowest BCUT2D eigenvalue weighted by Crippen LogP contribution is -2.67. The van der Waals surface area contributed by atoms with Crippen molar-refractivity contribution >= 4 is 11.8 Å². The molecule has 1 saturated carbocycles. The first-order valence-electron chi connectivity index (χ1n) is 9.37. The highest BCUT2D eigenvalue weighted by Gasteiger charge is 2.56. The van der Waals surface area contributed by atoms with Gasteiger partial charge in [-0.05, 0) is 31.6 Å². The summed E-state index contributed by atoms with van der Waals surface area (Å²) in [6.07, 6.45) is 4.21. The Bertz CT molecular complexity index is 511. The Morgan fingerprint density at radius 2 is 1.92 bits per heavy atom. The molecule has 1 spiro atoms. The number of hydrogen-bond donors (Lipinski definition) is 0. The van der Waals surface area contributed by atoms with E-state index in [9.17, 15) is 9.59 Å². The second kappa shape index (κ2) is 6.30. The maximum atomic E-state index is 12.3. The Morgan fingerprint density at radius 1 is 1.21 bits per heavy atom. The Balaban J connectivity index is 1.22. The smallest absolute Gasteiger partial charge is 0.248 e. The average molecular weight is 336 g/mol. The van der Waals surface area contributed by atoms with Gasteiger partial charge in [-0.2, -0.15) is 0 Å². The molecule has 0 aromatic heterocycles. The van der Waals surface area contributed by atoms with E-state index in [2.05, 4.69) is 6.92 Å². The highest BCUT2D eigenvalue weighted by atomic mass is 16.5. The molecule has 4 rings (SSSR count). The molecule has 4 aliphatic rings. The van der Waals surface area contributed by atoms with Gasteiger partial charge in [-0.1, -0.05) is 6.92 Å². The zero-order chi connectivity index (χ0) is 16.7. The molecule has 3 heterocycles. The lowest BCUT2D eigenvalue weighted by Gasteiger charge is -2.50. The van der Waals surface area contributed by atoms with Crippen molar-refractivity contribution < 1.29 is 19.1 Å². The van der Waals surface area contributed by atoms with Crippen LogP contribution in [0.1, 0.15) is 32.6 Å². The predicted molar refractivity (Wildman–Crippen MR) is 87.3 cm³/mol. The number of hydrogen-bond acceptors (Lipinski definition) is 4. The van der Waals surface area contributed by atoms with Crippen molar-refractivity contribution in [1.29, 1.82) is 0 Å². The number of rotatable bonds is 5. The molecular weight excluding hydrogens is 308 g/mol. The van der Waals surface area contributed by atoms with Crippen LogP contribution in [0.2, 0.25) is 0 Å². The van der Waals surface area contributed by atoms with Crippen molar-refractivity contribution in [2.24, 2.45) is 17.8 Å². The maximum Gasteiger partial charge on any atom is 0.248 e. The Morgan fingerprint density at radius 3 is 2.58 bits per heavy atom. The van der Waals surface area contributed by atoms with E-state index in [1.165, 1.54) is 0 Å². The van der Waals surface area contributed by atoms with Crippen molar-refractivity contribution in [3.8, 4) is 0 Å². The zero-order valence-corrected chi connectivity index (χ0v) is 14.5. The van der Waals surface area contributed by atoms with Gasteiger partial charge in [0.1, 0.15) is 12.2 Å². The Hall–Kier alpha value is -1.14. The number of likely N-dealkylation sites (tertiary alicyclic amines) is 2. The van der Waals surface area contributed by atoms with Crippen LogP contribution < -0.4 is 0 Å². The molecule has 0 aromatic carbocycles. The Labute approximate surface area is 143 Å². The van der Waals surface area contributed by atoms with Crippen LogP contribution in [0.3, 0.4) is 0 Å². The summed E-state index contributed by atoms with van der Waals surface area (Å²) in [5, 5.41) is 0. The van der Waals surface area contributed by atoms with Gasteiger partial charge < -0.3 is 19.3 Å². The number of ether oxygens (including phenoxy) is 2. The highest BCUT2D eigenvalue weighted by molar-refractivity contribution is 5.82. The maximum absolute atomic E-state index is 12.3. The monoisotopic (exact) mass is 336 g/mol. The van der Waals surface area contributed by atoms with Crippen molar-refractivity contribution in [3.63, 3.8) is 0 Å². The molecule has 6 heteroatoms. The summed E-state index contributed by atoms with van der Waals surface area (Å²) in [6.45, 7) is 6.74. The fourth-order valence-electron chi connectivity index (χ4n) is 4.37. The quantitative estimate of drug-likeness (QED) is 0.748. The van der Waals surface area contributed by atoms with Gasteiger partial charge in [0.05, 0.1) is 19.7 Å². The van der Waals surface area contributed by atoms with Crippen molar-refractivity contribution in [2.45, 2.75) is 38.2 Å². The van der Waals surface area contributed by atoms with E-state index in [1.807, 2.05) is 9.80 Å². The standard InChI is InChI=1S/C18H28N2O4/c1-13-8-15(13)17(22)20-11-18(12-20)14(4-7-24-18)9-23-10-16(21)19-5-2-3-6-19/h13-15H,2-12H2,1H3/t13-,14+,15+/m1/s1. The van der Waals surface area contributed by atoms with Crippen molar-refractivity contribution in [1.82, 2.24) is 9.80 Å². The highest BCUT2D eigenvalue weighted by Crippen LogP contribution is 2.45. The topological polar surface area (TPSA) is 59.1 Å². The van der Waals surface area contributed by atoms with Gasteiger partial charge in [0, 0.05) is 31.5 Å². The number of amides is 2. The Kier molecular flexibility index (Phi) is 4.29. The summed E-state index contributed by atoms with van der Waals surface area (Å²) < 4.78 is 11.7. The van der Waals surface area contributed by atoms with Crippen LogP contribution in [-0.2, 0) is 19.1 Å². The molecule has 3 saturated heterocycles. The molecule has 4 fully saturated rings. The van der Waals surface area contributed by atoms with Crippen LogP contribution in [0.15, 0.2) is 0 Å². The minimum absolute atomic E-state index is 0.105. The van der Waals surface area contributed by atoms with Crippen molar-refractivity contribution in [3.05, 3.63) is 0 Å². The first-order chi connectivity index (χ1) is 11.6. The third kappa shape index (κ3) is 2.94. The van der Waals surface area contributed by atoms with Crippen LogP contribution in [0.5, 0.6) is 0 Å². The molecule has 3 aliphatic heterocycles. The third-order valence-electron chi connectivity index (χ3n) is 6.26. The molecule has 0 aromatic rings. The lowest BCUT2D eigenvalue weighted by atomic mass is 9.81. The second-order valence-electron chi connectivity index (χ2n) is 8.02. The minimum atomic E-state index is -0.218. The molecule has 3 atom stereocenters. The first kappa shape index (κ1) is 16.3. The van der Waals surface area contributed by atoms with E-state index >= 15 is 0 Å².